The van der Waals surface area contributed by atoms with Gasteiger partial charge in [0.2, 0.25) is 0 Å². The summed E-state index contributed by atoms with van der Waals surface area (Å²) in [7, 11) is 0. The molecular formula is C21H21NaO3. The van der Waals surface area contributed by atoms with Crippen molar-refractivity contribution in [3.05, 3.63) is 90.0 Å². The molecule has 0 aliphatic rings. The molecule has 0 atom stereocenters. The normalized spacial score (nSPS) is 10.2. The molecule has 0 unspecified atom stereocenters. The first-order chi connectivity index (χ1) is 11.4. The molecule has 0 radical (unpaired) electrons. The number of para-hydroxylation sites is 1. The van der Waals surface area contributed by atoms with Gasteiger partial charge < -0.3 is 15.3 Å². The van der Waals surface area contributed by atoms with E-state index < -0.39 is 0 Å². The van der Waals surface area contributed by atoms with Gasteiger partial charge >= 0.3 is 29.6 Å². The van der Waals surface area contributed by atoms with E-state index >= 15 is 0 Å². The molecule has 2 N–H and O–H groups in total. The number of hydrogen-bond donors (Lipinski definition) is 2. The van der Waals surface area contributed by atoms with Gasteiger partial charge in [-0.1, -0.05) is 68.4 Å². The van der Waals surface area contributed by atoms with Gasteiger partial charge in [0.25, 0.3) is 0 Å². The van der Waals surface area contributed by atoms with Crippen molar-refractivity contribution in [1.82, 2.24) is 0 Å². The number of rotatable bonds is 2. The molecular weight excluding hydrogens is 323 g/mol. The van der Waals surface area contributed by atoms with Crippen molar-refractivity contribution in [2.45, 2.75) is 19.3 Å². The van der Waals surface area contributed by atoms with E-state index in [2.05, 4.69) is 13.8 Å². The Bertz CT molecular complexity index is 704. The van der Waals surface area contributed by atoms with Gasteiger partial charge in [-0.05, 0) is 35.4 Å². The van der Waals surface area contributed by atoms with Crippen LogP contribution >= 0.6 is 0 Å². The predicted octanol–water partition coefficient (Wildman–Crippen LogP) is 1.19. The molecule has 0 aliphatic carbocycles. The summed E-state index contributed by atoms with van der Waals surface area (Å²) in [5.41, 5.74) is 2.10. The van der Waals surface area contributed by atoms with Crippen LogP contribution in [-0.2, 0) is 5.41 Å². The van der Waals surface area contributed by atoms with Gasteiger partial charge in [0.15, 0.2) is 0 Å². The van der Waals surface area contributed by atoms with Crippen LogP contribution in [0.2, 0.25) is 0 Å². The number of phenolic OH excluding ortho intramolecular Hbond substituents is 2. The second kappa shape index (κ2) is 9.52. The van der Waals surface area contributed by atoms with Gasteiger partial charge in [0, 0.05) is 5.41 Å². The Morgan fingerprint density at radius 1 is 0.640 bits per heavy atom. The molecule has 3 rings (SSSR count). The molecule has 0 fully saturated rings. The van der Waals surface area contributed by atoms with Crippen LogP contribution in [0.1, 0.15) is 25.0 Å². The summed E-state index contributed by atoms with van der Waals surface area (Å²) < 4.78 is 0. The Balaban J connectivity index is 0.000000330. The fourth-order valence-electron chi connectivity index (χ4n) is 2.34. The summed E-state index contributed by atoms with van der Waals surface area (Å²) in [4.78, 5) is 0. The van der Waals surface area contributed by atoms with Crippen molar-refractivity contribution in [3.8, 4) is 17.2 Å². The van der Waals surface area contributed by atoms with Gasteiger partial charge in [0.05, 0.1) is 0 Å². The summed E-state index contributed by atoms with van der Waals surface area (Å²) >= 11 is 0. The van der Waals surface area contributed by atoms with Crippen LogP contribution in [0.25, 0.3) is 0 Å². The van der Waals surface area contributed by atoms with Crippen molar-refractivity contribution in [3.63, 3.8) is 0 Å². The first kappa shape index (κ1) is 21.1. The van der Waals surface area contributed by atoms with E-state index in [1.807, 2.05) is 30.3 Å². The average Bonchev–Trinajstić information content (AvgIpc) is 2.57. The van der Waals surface area contributed by atoms with Gasteiger partial charge in [-0.15, -0.1) is 5.75 Å². The van der Waals surface area contributed by atoms with Crippen molar-refractivity contribution in [2.24, 2.45) is 0 Å². The molecule has 25 heavy (non-hydrogen) atoms. The first-order valence-electron chi connectivity index (χ1n) is 7.70. The summed E-state index contributed by atoms with van der Waals surface area (Å²) in [6.07, 6.45) is 0. The number of hydrogen-bond acceptors (Lipinski definition) is 3. The van der Waals surface area contributed by atoms with Crippen molar-refractivity contribution >= 4 is 0 Å². The molecule has 0 saturated heterocycles. The number of aromatic hydroxyl groups is 2. The molecule has 3 nitrogen and oxygen atoms in total. The second-order valence-electron chi connectivity index (χ2n) is 6.03. The van der Waals surface area contributed by atoms with E-state index in [4.69, 9.17) is 0 Å². The van der Waals surface area contributed by atoms with Crippen LogP contribution in [0.4, 0.5) is 0 Å². The van der Waals surface area contributed by atoms with Gasteiger partial charge in [-0.2, -0.15) is 0 Å². The standard InChI is InChI=1S/C15H16O2.C6H6O.Na/c1-15(2,11-3-7-13(16)8-4-11)12-5-9-14(17)10-6-12;7-6-4-2-1-3-5-6;/h3-10,16-17H,1-2H3;1-5,7H;/q;;+1/p-1. The maximum Gasteiger partial charge on any atom is 1.00 e. The fourth-order valence-corrected chi connectivity index (χ4v) is 2.34. The largest absolute Gasteiger partial charge is 1.00 e. The Labute approximate surface area is 170 Å². The Hall–Kier alpha value is -1.94. The molecule has 3 aromatic rings. The molecule has 0 aliphatic heterocycles. The van der Waals surface area contributed by atoms with Crippen molar-refractivity contribution in [2.75, 3.05) is 0 Å². The zero-order chi connectivity index (χ0) is 17.6. The Morgan fingerprint density at radius 3 is 1.28 bits per heavy atom. The number of benzene rings is 3. The molecule has 0 aromatic heterocycles. The third-order valence-corrected chi connectivity index (χ3v) is 3.92. The van der Waals surface area contributed by atoms with Gasteiger partial charge in [0.1, 0.15) is 11.5 Å². The molecule has 0 amide bonds. The zero-order valence-corrected chi connectivity index (χ0v) is 16.8. The summed E-state index contributed by atoms with van der Waals surface area (Å²) in [5.74, 6) is 0.619. The van der Waals surface area contributed by atoms with Gasteiger partial charge in [-0.3, -0.25) is 0 Å². The SMILES string of the molecule is CC(C)(c1ccc(O)cc1)c1ccc(O)cc1.[Na+].[O-]c1ccccc1. The van der Waals surface area contributed by atoms with Crippen LogP contribution in [0, 0.1) is 0 Å². The van der Waals surface area contributed by atoms with E-state index in [1.165, 1.54) is 12.1 Å². The van der Waals surface area contributed by atoms with E-state index in [-0.39, 0.29) is 52.2 Å². The molecule has 0 bridgehead atoms. The molecule has 0 spiro atoms. The molecule has 0 heterocycles. The maximum atomic E-state index is 10.3. The average molecular weight is 344 g/mol. The fraction of sp³-hybridized carbons (Fsp3) is 0.143. The Morgan fingerprint density at radius 2 is 1.00 bits per heavy atom. The van der Waals surface area contributed by atoms with E-state index in [1.54, 1.807) is 36.4 Å². The van der Waals surface area contributed by atoms with Crippen LogP contribution < -0.4 is 34.7 Å². The predicted molar refractivity (Wildman–Crippen MR) is 94.2 cm³/mol. The maximum absolute atomic E-state index is 10.3. The molecule has 124 valence electrons. The van der Waals surface area contributed by atoms with Crippen molar-refractivity contribution < 1.29 is 44.9 Å². The molecule has 4 heteroatoms. The van der Waals surface area contributed by atoms with Crippen molar-refractivity contribution in [1.29, 1.82) is 0 Å². The quantitative estimate of drug-likeness (QED) is 0.687. The molecule has 0 saturated carbocycles. The van der Waals surface area contributed by atoms with Gasteiger partial charge in [-0.25, -0.2) is 0 Å². The first-order valence-corrected chi connectivity index (χ1v) is 7.70. The third kappa shape index (κ3) is 6.13. The number of phenols is 2. The van der Waals surface area contributed by atoms with E-state index in [9.17, 15) is 15.3 Å². The minimum atomic E-state index is -0.151. The monoisotopic (exact) mass is 344 g/mol. The topological polar surface area (TPSA) is 63.5 Å². The molecule has 3 aromatic carbocycles. The van der Waals surface area contributed by atoms with Crippen LogP contribution in [0.3, 0.4) is 0 Å². The third-order valence-electron chi connectivity index (χ3n) is 3.92. The summed E-state index contributed by atoms with van der Waals surface area (Å²) in [6, 6.07) is 22.8. The van der Waals surface area contributed by atoms with Crippen LogP contribution in [-0.4, -0.2) is 10.2 Å². The Kier molecular flexibility index (Phi) is 8.04. The smallest absolute Gasteiger partial charge is 0.872 e. The summed E-state index contributed by atoms with van der Waals surface area (Å²) in [6.45, 7) is 4.23. The second-order valence-corrected chi connectivity index (χ2v) is 6.03. The minimum Gasteiger partial charge on any atom is -0.872 e. The summed E-state index contributed by atoms with van der Waals surface area (Å²) in [5, 5.41) is 28.9. The van der Waals surface area contributed by atoms with Crippen LogP contribution in [0.15, 0.2) is 78.9 Å². The van der Waals surface area contributed by atoms with Crippen LogP contribution in [0.5, 0.6) is 17.2 Å². The zero-order valence-electron chi connectivity index (χ0n) is 14.8. The minimum absolute atomic E-state index is 0. The van der Waals surface area contributed by atoms with E-state index in [0.717, 1.165) is 11.1 Å². The van der Waals surface area contributed by atoms with E-state index in [0.29, 0.717) is 0 Å².